The van der Waals surface area contributed by atoms with Crippen molar-refractivity contribution >= 4 is 43.5 Å². The van der Waals surface area contributed by atoms with Crippen LogP contribution in [0.3, 0.4) is 0 Å². The van der Waals surface area contributed by atoms with E-state index in [4.69, 9.17) is 11.6 Å². The first kappa shape index (κ1) is 15.9. The summed E-state index contributed by atoms with van der Waals surface area (Å²) in [6, 6.07) is 8.13. The van der Waals surface area contributed by atoms with Crippen molar-refractivity contribution in [3.05, 3.63) is 55.4 Å². The molecule has 0 unspecified atom stereocenters. The molecule has 2 aromatic rings. The number of halogens is 3. The topological polar surface area (TPSA) is 25.8 Å². The maximum absolute atomic E-state index is 6.22. The molecule has 0 bridgehead atoms. The van der Waals surface area contributed by atoms with E-state index in [9.17, 15) is 0 Å². The third-order valence-corrected chi connectivity index (χ3v) is 4.56. The van der Waals surface area contributed by atoms with Gasteiger partial charge in [-0.15, -0.1) is 0 Å². The van der Waals surface area contributed by atoms with Gasteiger partial charge in [-0.2, -0.15) is 0 Å². The van der Waals surface area contributed by atoms with Crippen molar-refractivity contribution in [3.8, 4) is 0 Å². The average molecular weight is 419 g/mol. The quantitative estimate of drug-likeness (QED) is 0.598. The van der Waals surface area contributed by atoms with Crippen LogP contribution in [0.1, 0.15) is 37.9 Å². The fourth-order valence-corrected chi connectivity index (χ4v) is 3.27. The van der Waals surface area contributed by atoms with E-state index in [1.165, 1.54) is 0 Å². The lowest BCUT2D eigenvalue weighted by Gasteiger charge is -2.20. The van der Waals surface area contributed by atoms with E-state index in [2.05, 4.69) is 74.7 Å². The first-order valence-corrected chi connectivity index (χ1v) is 8.20. The number of hydrogen-bond acceptors (Lipinski definition) is 2. The second-order valence-electron chi connectivity index (χ2n) is 5.65. The zero-order valence-corrected chi connectivity index (χ0v) is 15.5. The van der Waals surface area contributed by atoms with Gasteiger partial charge in [0.05, 0.1) is 10.2 Å². The molecule has 0 saturated carbocycles. The Hall–Kier alpha value is -0.450. The van der Waals surface area contributed by atoms with Gasteiger partial charge in [0.1, 0.15) is 11.0 Å². The Morgan fingerprint density at radius 1 is 1.15 bits per heavy atom. The molecule has 0 aliphatic rings. The Morgan fingerprint density at radius 3 is 2.45 bits per heavy atom. The van der Waals surface area contributed by atoms with Crippen LogP contribution < -0.4 is 0 Å². The number of benzene rings is 1. The van der Waals surface area contributed by atoms with E-state index in [1.807, 2.05) is 12.1 Å². The van der Waals surface area contributed by atoms with E-state index in [-0.39, 0.29) is 5.41 Å². The average Bonchev–Trinajstić information content (AvgIpc) is 2.32. The molecule has 20 heavy (non-hydrogen) atoms. The molecule has 0 spiro atoms. The van der Waals surface area contributed by atoms with E-state index >= 15 is 0 Å². The smallest absolute Gasteiger partial charge is 0.147 e. The van der Waals surface area contributed by atoms with E-state index < -0.39 is 0 Å². The van der Waals surface area contributed by atoms with Gasteiger partial charge in [-0.25, -0.2) is 9.97 Å². The minimum absolute atomic E-state index is 0.0859. The molecule has 0 radical (unpaired) electrons. The van der Waals surface area contributed by atoms with Gasteiger partial charge in [-0.05, 0) is 33.6 Å². The van der Waals surface area contributed by atoms with Gasteiger partial charge >= 0.3 is 0 Å². The van der Waals surface area contributed by atoms with Gasteiger partial charge in [-0.3, -0.25) is 0 Å². The molecule has 106 valence electrons. The molecule has 0 atom stereocenters. The summed E-state index contributed by atoms with van der Waals surface area (Å²) in [5.74, 6) is 0.737. The highest BCUT2D eigenvalue weighted by atomic mass is 79.9. The van der Waals surface area contributed by atoms with Gasteiger partial charge in [-0.1, -0.05) is 60.4 Å². The largest absolute Gasteiger partial charge is 0.236 e. The van der Waals surface area contributed by atoms with E-state index in [1.54, 1.807) is 0 Å². The van der Waals surface area contributed by atoms with Crippen molar-refractivity contribution in [3.63, 3.8) is 0 Å². The van der Waals surface area contributed by atoms with E-state index in [0.717, 1.165) is 26.0 Å². The molecule has 0 amide bonds. The third kappa shape index (κ3) is 3.80. The van der Waals surface area contributed by atoms with E-state index in [0.29, 0.717) is 11.6 Å². The Balaban J connectivity index is 2.41. The number of aromatic nitrogens is 2. The van der Waals surface area contributed by atoms with Crippen molar-refractivity contribution in [1.82, 2.24) is 9.97 Å². The monoisotopic (exact) mass is 416 g/mol. The minimum Gasteiger partial charge on any atom is -0.236 e. The SMILES string of the molecule is CC(C)(C)c1nc(Cc2cccc(Br)c2)nc(Cl)c1Br. The summed E-state index contributed by atoms with van der Waals surface area (Å²) >= 11 is 13.2. The van der Waals surface area contributed by atoms with Crippen LogP contribution in [0.25, 0.3) is 0 Å². The second-order valence-corrected chi connectivity index (χ2v) is 7.72. The molecule has 2 nitrogen and oxygen atoms in total. The van der Waals surface area contributed by atoms with Crippen LogP contribution >= 0.6 is 43.5 Å². The maximum Gasteiger partial charge on any atom is 0.147 e. The Morgan fingerprint density at radius 2 is 1.85 bits per heavy atom. The predicted molar refractivity (Wildman–Crippen MR) is 90.4 cm³/mol. The number of hydrogen-bond donors (Lipinski definition) is 0. The van der Waals surface area contributed by atoms with Crippen molar-refractivity contribution in [2.24, 2.45) is 0 Å². The van der Waals surface area contributed by atoms with Crippen LogP contribution in [-0.4, -0.2) is 9.97 Å². The van der Waals surface area contributed by atoms with Gasteiger partial charge in [0.15, 0.2) is 0 Å². The Kier molecular flexibility index (Phi) is 4.88. The fourth-order valence-electron chi connectivity index (χ4n) is 1.87. The third-order valence-electron chi connectivity index (χ3n) is 2.82. The molecule has 0 aliphatic heterocycles. The summed E-state index contributed by atoms with van der Waals surface area (Å²) < 4.78 is 1.83. The van der Waals surface area contributed by atoms with Gasteiger partial charge in [0, 0.05) is 16.3 Å². The summed E-state index contributed by atoms with van der Waals surface area (Å²) in [7, 11) is 0. The lowest BCUT2D eigenvalue weighted by molar-refractivity contribution is 0.559. The van der Waals surface area contributed by atoms with Gasteiger partial charge < -0.3 is 0 Å². The fraction of sp³-hybridized carbons (Fsp3) is 0.333. The first-order valence-electron chi connectivity index (χ1n) is 6.24. The summed E-state index contributed by atoms with van der Waals surface area (Å²) in [5, 5.41) is 0.468. The van der Waals surface area contributed by atoms with Crippen molar-refractivity contribution in [1.29, 1.82) is 0 Å². The zero-order valence-electron chi connectivity index (χ0n) is 11.5. The van der Waals surface area contributed by atoms with Gasteiger partial charge in [0.2, 0.25) is 0 Å². The normalized spacial score (nSPS) is 11.7. The second kappa shape index (κ2) is 6.12. The first-order chi connectivity index (χ1) is 9.27. The predicted octanol–water partition coefficient (Wildman–Crippen LogP) is 5.54. The summed E-state index contributed by atoms with van der Waals surface area (Å²) in [6.45, 7) is 6.33. The molecule has 1 aromatic heterocycles. The van der Waals surface area contributed by atoms with Crippen molar-refractivity contribution in [2.45, 2.75) is 32.6 Å². The summed E-state index contributed by atoms with van der Waals surface area (Å²) in [4.78, 5) is 9.04. The van der Waals surface area contributed by atoms with Crippen LogP contribution in [-0.2, 0) is 11.8 Å². The highest BCUT2D eigenvalue weighted by molar-refractivity contribution is 9.10. The maximum atomic E-state index is 6.22. The highest BCUT2D eigenvalue weighted by Crippen LogP contribution is 2.32. The van der Waals surface area contributed by atoms with Crippen LogP contribution in [0.4, 0.5) is 0 Å². The van der Waals surface area contributed by atoms with Crippen LogP contribution in [0.5, 0.6) is 0 Å². The lowest BCUT2D eigenvalue weighted by atomic mass is 9.92. The van der Waals surface area contributed by atoms with Crippen LogP contribution in [0.2, 0.25) is 5.15 Å². The van der Waals surface area contributed by atoms with Crippen molar-refractivity contribution < 1.29 is 0 Å². The molecule has 1 aromatic carbocycles. The van der Waals surface area contributed by atoms with Crippen LogP contribution in [0.15, 0.2) is 33.2 Å². The molecular weight excluding hydrogens is 403 g/mol. The molecule has 0 saturated heterocycles. The molecule has 2 rings (SSSR count). The Bertz CT molecular complexity index is 636. The molecule has 1 heterocycles. The zero-order chi connectivity index (χ0) is 14.9. The molecule has 0 N–H and O–H groups in total. The number of rotatable bonds is 2. The standard InChI is InChI=1S/C15H15Br2ClN2/c1-15(2,3)13-12(17)14(18)20-11(19-13)8-9-5-4-6-10(16)7-9/h4-7H,8H2,1-3H3. The molecule has 0 fully saturated rings. The van der Waals surface area contributed by atoms with Crippen LogP contribution in [0, 0.1) is 0 Å². The molecule has 5 heteroatoms. The van der Waals surface area contributed by atoms with Crippen molar-refractivity contribution in [2.75, 3.05) is 0 Å². The lowest BCUT2D eigenvalue weighted by Crippen LogP contribution is -2.17. The molecule has 0 aliphatic carbocycles. The highest BCUT2D eigenvalue weighted by Gasteiger charge is 2.22. The number of nitrogens with zero attached hydrogens (tertiary/aromatic N) is 2. The minimum atomic E-state index is -0.0859. The Labute approximate surface area is 141 Å². The summed E-state index contributed by atoms with van der Waals surface area (Å²) in [5.41, 5.74) is 2.00. The van der Waals surface area contributed by atoms with Gasteiger partial charge in [0.25, 0.3) is 0 Å². The summed E-state index contributed by atoms with van der Waals surface area (Å²) in [6.07, 6.45) is 0.662. The molecular formula is C15H15Br2ClN2.